The fourth-order valence-electron chi connectivity index (χ4n) is 1.61. The Hall–Kier alpha value is -0.160. The molecule has 1 rings (SSSR count). The van der Waals surface area contributed by atoms with E-state index < -0.39 is 0 Å². The van der Waals surface area contributed by atoms with Gasteiger partial charge in [0.1, 0.15) is 6.10 Å². The van der Waals surface area contributed by atoms with Crippen molar-refractivity contribution in [3.8, 4) is 0 Å². The lowest BCUT2D eigenvalue weighted by molar-refractivity contribution is -0.133. The Morgan fingerprint density at radius 3 is 2.73 bits per heavy atom. The summed E-state index contributed by atoms with van der Waals surface area (Å²) in [6, 6.07) is -0.375. The SMILES string of the molecule is CC(C)C[C@H](N)C(=O)C1CNCCO1.Cl. The lowest BCUT2D eigenvalue weighted by atomic mass is 9.98. The lowest BCUT2D eigenvalue weighted by Gasteiger charge is -2.25. The first-order valence-electron chi connectivity index (χ1n) is 5.23. The van der Waals surface area contributed by atoms with Crippen LogP contribution in [-0.2, 0) is 9.53 Å². The van der Waals surface area contributed by atoms with E-state index >= 15 is 0 Å². The molecule has 0 saturated carbocycles. The molecule has 1 saturated heterocycles. The molecule has 1 heterocycles. The van der Waals surface area contributed by atoms with Gasteiger partial charge in [-0.05, 0) is 12.3 Å². The molecule has 1 aliphatic heterocycles. The highest BCUT2D eigenvalue weighted by Gasteiger charge is 2.26. The van der Waals surface area contributed by atoms with Gasteiger partial charge in [0.15, 0.2) is 5.78 Å². The van der Waals surface area contributed by atoms with Crippen LogP contribution < -0.4 is 11.1 Å². The third kappa shape index (κ3) is 4.93. The molecule has 0 radical (unpaired) electrons. The quantitative estimate of drug-likeness (QED) is 0.739. The fourth-order valence-corrected chi connectivity index (χ4v) is 1.61. The zero-order valence-corrected chi connectivity index (χ0v) is 10.2. The molecular formula is C10H21ClN2O2. The second kappa shape index (κ2) is 7.17. The third-order valence-corrected chi connectivity index (χ3v) is 2.34. The minimum atomic E-state index is -0.375. The van der Waals surface area contributed by atoms with Gasteiger partial charge in [0.2, 0.25) is 0 Å². The second-order valence-corrected chi connectivity index (χ2v) is 4.20. The highest BCUT2D eigenvalue weighted by molar-refractivity contribution is 5.88. The first-order valence-corrected chi connectivity index (χ1v) is 5.23. The third-order valence-electron chi connectivity index (χ3n) is 2.34. The summed E-state index contributed by atoms with van der Waals surface area (Å²) in [5.41, 5.74) is 5.79. The Bertz CT molecular complexity index is 194. The number of morpholine rings is 1. The van der Waals surface area contributed by atoms with Crippen LogP contribution >= 0.6 is 12.4 Å². The van der Waals surface area contributed by atoms with Crippen LogP contribution in [-0.4, -0.2) is 37.6 Å². The number of rotatable bonds is 4. The number of nitrogens with one attached hydrogen (secondary N) is 1. The average Bonchev–Trinajstić information content (AvgIpc) is 2.17. The van der Waals surface area contributed by atoms with Crippen molar-refractivity contribution in [3.05, 3.63) is 0 Å². The molecule has 0 aromatic heterocycles. The van der Waals surface area contributed by atoms with Gasteiger partial charge in [-0.2, -0.15) is 0 Å². The zero-order chi connectivity index (χ0) is 10.6. The highest BCUT2D eigenvalue weighted by atomic mass is 35.5. The summed E-state index contributed by atoms with van der Waals surface area (Å²) in [4.78, 5) is 11.7. The van der Waals surface area contributed by atoms with E-state index in [4.69, 9.17) is 10.5 Å². The number of carbonyl (C=O) groups is 1. The molecule has 0 bridgehead atoms. The van der Waals surface area contributed by atoms with Crippen molar-refractivity contribution in [1.82, 2.24) is 5.32 Å². The van der Waals surface area contributed by atoms with Gasteiger partial charge in [-0.3, -0.25) is 4.79 Å². The largest absolute Gasteiger partial charge is 0.368 e. The molecule has 0 aromatic carbocycles. The van der Waals surface area contributed by atoms with E-state index in [1.165, 1.54) is 0 Å². The maximum Gasteiger partial charge on any atom is 0.179 e. The molecule has 15 heavy (non-hydrogen) atoms. The summed E-state index contributed by atoms with van der Waals surface area (Å²) >= 11 is 0. The molecular weight excluding hydrogens is 216 g/mol. The number of nitrogens with two attached hydrogens (primary N) is 1. The molecule has 5 heteroatoms. The monoisotopic (exact) mass is 236 g/mol. The van der Waals surface area contributed by atoms with Crippen LogP contribution in [0.15, 0.2) is 0 Å². The van der Waals surface area contributed by atoms with Crippen LogP contribution in [0.2, 0.25) is 0 Å². The smallest absolute Gasteiger partial charge is 0.179 e. The number of ether oxygens (including phenoxy) is 1. The lowest BCUT2D eigenvalue weighted by Crippen LogP contribution is -2.49. The van der Waals surface area contributed by atoms with Gasteiger partial charge < -0.3 is 15.8 Å². The molecule has 2 atom stereocenters. The van der Waals surface area contributed by atoms with E-state index in [1.807, 2.05) is 0 Å². The maximum absolute atomic E-state index is 11.7. The summed E-state index contributed by atoms with van der Waals surface area (Å²) < 4.78 is 5.35. The second-order valence-electron chi connectivity index (χ2n) is 4.20. The Kier molecular flexibility index (Phi) is 7.09. The number of ketones is 1. The van der Waals surface area contributed by atoms with Crippen molar-refractivity contribution < 1.29 is 9.53 Å². The first-order chi connectivity index (χ1) is 6.61. The highest BCUT2D eigenvalue weighted by Crippen LogP contribution is 2.07. The molecule has 90 valence electrons. The van der Waals surface area contributed by atoms with Crippen molar-refractivity contribution in [2.24, 2.45) is 11.7 Å². The number of Topliss-reactive ketones (excluding diaryl/α,β-unsaturated/α-hetero) is 1. The van der Waals surface area contributed by atoms with E-state index in [0.29, 0.717) is 19.1 Å². The molecule has 0 amide bonds. The van der Waals surface area contributed by atoms with Gasteiger partial charge in [-0.1, -0.05) is 13.8 Å². The minimum Gasteiger partial charge on any atom is -0.368 e. The maximum atomic E-state index is 11.7. The van der Waals surface area contributed by atoms with E-state index in [2.05, 4.69) is 19.2 Å². The van der Waals surface area contributed by atoms with Crippen molar-refractivity contribution in [2.45, 2.75) is 32.4 Å². The summed E-state index contributed by atoms with van der Waals surface area (Å²) in [7, 11) is 0. The molecule has 0 aliphatic carbocycles. The van der Waals surface area contributed by atoms with Gasteiger partial charge in [0.25, 0.3) is 0 Å². The molecule has 3 N–H and O–H groups in total. The predicted molar refractivity (Wildman–Crippen MR) is 62.3 cm³/mol. The first kappa shape index (κ1) is 14.8. The van der Waals surface area contributed by atoms with E-state index in [9.17, 15) is 4.79 Å². The summed E-state index contributed by atoms with van der Waals surface area (Å²) in [5.74, 6) is 0.483. The van der Waals surface area contributed by atoms with Crippen molar-refractivity contribution in [3.63, 3.8) is 0 Å². The van der Waals surface area contributed by atoms with E-state index in [-0.39, 0.29) is 30.3 Å². The van der Waals surface area contributed by atoms with Gasteiger partial charge in [-0.15, -0.1) is 12.4 Å². The van der Waals surface area contributed by atoms with E-state index in [0.717, 1.165) is 13.0 Å². The Morgan fingerprint density at radius 2 is 2.27 bits per heavy atom. The van der Waals surface area contributed by atoms with Gasteiger partial charge in [0, 0.05) is 13.1 Å². The standard InChI is InChI=1S/C10H20N2O2.ClH/c1-7(2)5-8(11)10(13)9-6-12-3-4-14-9;/h7-9,12H,3-6,11H2,1-2H3;1H/t8-,9?;/m0./s1. The molecule has 1 aliphatic rings. The predicted octanol–water partition coefficient (Wildman–Crippen LogP) is 0.339. The Morgan fingerprint density at radius 1 is 1.60 bits per heavy atom. The fraction of sp³-hybridized carbons (Fsp3) is 0.900. The molecule has 0 aromatic rings. The summed E-state index contributed by atoms with van der Waals surface area (Å²) in [5, 5.41) is 3.12. The number of hydrogen-bond donors (Lipinski definition) is 2. The Labute approximate surface area is 97.3 Å². The van der Waals surface area contributed by atoms with Crippen LogP contribution in [0.4, 0.5) is 0 Å². The average molecular weight is 237 g/mol. The topological polar surface area (TPSA) is 64.4 Å². The van der Waals surface area contributed by atoms with Crippen molar-refractivity contribution in [1.29, 1.82) is 0 Å². The minimum absolute atomic E-state index is 0. The summed E-state index contributed by atoms with van der Waals surface area (Å²) in [6.45, 7) is 6.15. The molecule has 0 spiro atoms. The number of halogens is 1. The molecule has 1 fully saturated rings. The van der Waals surface area contributed by atoms with Gasteiger partial charge in [-0.25, -0.2) is 0 Å². The van der Waals surface area contributed by atoms with Crippen LogP contribution in [0.1, 0.15) is 20.3 Å². The van der Waals surface area contributed by atoms with Crippen molar-refractivity contribution in [2.75, 3.05) is 19.7 Å². The van der Waals surface area contributed by atoms with Gasteiger partial charge in [0.05, 0.1) is 12.6 Å². The van der Waals surface area contributed by atoms with Crippen molar-refractivity contribution >= 4 is 18.2 Å². The summed E-state index contributed by atoms with van der Waals surface area (Å²) in [6.07, 6.45) is 0.399. The van der Waals surface area contributed by atoms with Crippen LogP contribution in [0.25, 0.3) is 0 Å². The Balaban J connectivity index is 0.00000196. The molecule has 4 nitrogen and oxygen atoms in total. The molecule has 1 unspecified atom stereocenters. The normalized spacial score (nSPS) is 23.3. The zero-order valence-electron chi connectivity index (χ0n) is 9.36. The number of hydrogen-bond acceptors (Lipinski definition) is 4. The van der Waals surface area contributed by atoms with Crippen LogP contribution in [0.5, 0.6) is 0 Å². The number of carbonyl (C=O) groups excluding carboxylic acids is 1. The van der Waals surface area contributed by atoms with Crippen LogP contribution in [0, 0.1) is 5.92 Å². The van der Waals surface area contributed by atoms with E-state index in [1.54, 1.807) is 0 Å². The van der Waals surface area contributed by atoms with Crippen LogP contribution in [0.3, 0.4) is 0 Å². The van der Waals surface area contributed by atoms with Gasteiger partial charge >= 0.3 is 0 Å².